The van der Waals surface area contributed by atoms with Gasteiger partial charge in [-0.25, -0.2) is 5.01 Å². The Morgan fingerprint density at radius 1 is 1.09 bits per heavy atom. The van der Waals surface area contributed by atoms with Gasteiger partial charge in [0.1, 0.15) is 0 Å². The zero-order valence-corrected chi connectivity index (χ0v) is 19.4. The van der Waals surface area contributed by atoms with Gasteiger partial charge in [-0.1, -0.05) is 48.5 Å². The summed E-state index contributed by atoms with van der Waals surface area (Å²) in [6.07, 6.45) is 4.28. The second-order valence-corrected chi connectivity index (χ2v) is 9.27. The van der Waals surface area contributed by atoms with E-state index in [0.29, 0.717) is 38.8 Å². The molecule has 174 valence electrons. The molecule has 1 unspecified atom stereocenters. The number of rotatable bonds is 7. The number of H-pyrrole nitrogens is 1. The van der Waals surface area contributed by atoms with Crippen LogP contribution in [0.25, 0.3) is 10.9 Å². The van der Waals surface area contributed by atoms with Crippen molar-refractivity contribution in [2.45, 2.75) is 31.7 Å². The molecule has 3 aromatic rings. The number of nitrogens with one attached hydrogen (secondary N) is 2. The number of nitrogens with two attached hydrogens (primary N) is 1. The van der Waals surface area contributed by atoms with E-state index in [4.69, 9.17) is 5.73 Å². The van der Waals surface area contributed by atoms with Gasteiger partial charge in [-0.2, -0.15) is 0 Å². The number of aromatic amines is 1. The average molecular weight is 448 g/mol. The van der Waals surface area contributed by atoms with Crippen molar-refractivity contribution >= 4 is 22.7 Å². The fourth-order valence-electron chi connectivity index (χ4n) is 4.81. The standard InChI is InChI=1S/C26H33N5O2/c1-30(2)29-25(33)26(17-19-8-4-3-5-9-19)12-14-31(15-13-26)24(32)22(27)16-20-18-28-23-11-7-6-10-21(20)23/h3-11,18,22,28H,12-17,27H2,1-2H3,(H,29,33). The molecule has 7 heteroatoms. The normalized spacial score (nSPS) is 16.7. The van der Waals surface area contributed by atoms with Gasteiger partial charge >= 0.3 is 0 Å². The second-order valence-electron chi connectivity index (χ2n) is 9.27. The van der Waals surface area contributed by atoms with E-state index in [-0.39, 0.29) is 11.8 Å². The highest BCUT2D eigenvalue weighted by molar-refractivity contribution is 5.87. The molecule has 2 aromatic carbocycles. The Labute approximate surface area is 194 Å². The fourth-order valence-corrected chi connectivity index (χ4v) is 4.81. The van der Waals surface area contributed by atoms with Crippen molar-refractivity contribution < 1.29 is 9.59 Å². The second kappa shape index (κ2) is 9.77. The quantitative estimate of drug-likeness (QED) is 0.485. The van der Waals surface area contributed by atoms with Crippen LogP contribution in [0.1, 0.15) is 24.0 Å². The van der Waals surface area contributed by atoms with Crippen LogP contribution in [0.5, 0.6) is 0 Å². The van der Waals surface area contributed by atoms with Crippen LogP contribution in [0.3, 0.4) is 0 Å². The van der Waals surface area contributed by atoms with Crippen LogP contribution < -0.4 is 11.2 Å². The molecule has 2 heterocycles. The molecule has 1 aliphatic heterocycles. The molecule has 4 rings (SSSR count). The first-order valence-electron chi connectivity index (χ1n) is 11.5. The number of aromatic nitrogens is 1. The summed E-state index contributed by atoms with van der Waals surface area (Å²) in [6, 6.07) is 17.5. The molecule has 33 heavy (non-hydrogen) atoms. The number of hydrazine groups is 1. The van der Waals surface area contributed by atoms with Crippen LogP contribution in [-0.2, 0) is 22.4 Å². The Kier molecular flexibility index (Phi) is 6.81. The minimum Gasteiger partial charge on any atom is -0.361 e. The van der Waals surface area contributed by atoms with Crippen LogP contribution >= 0.6 is 0 Å². The van der Waals surface area contributed by atoms with Crippen molar-refractivity contribution in [1.82, 2.24) is 20.3 Å². The van der Waals surface area contributed by atoms with E-state index in [2.05, 4.69) is 22.5 Å². The number of carbonyl (C=O) groups excluding carboxylic acids is 2. The van der Waals surface area contributed by atoms with E-state index >= 15 is 0 Å². The summed E-state index contributed by atoms with van der Waals surface area (Å²) in [4.78, 5) is 31.4. The number of piperidine rings is 1. The first-order chi connectivity index (χ1) is 15.9. The number of amides is 2. The zero-order chi connectivity index (χ0) is 23.4. The molecule has 2 amide bonds. The van der Waals surface area contributed by atoms with Gasteiger partial charge in [-0.3, -0.25) is 15.0 Å². The summed E-state index contributed by atoms with van der Waals surface area (Å²) in [5.41, 5.74) is 12.0. The molecular weight excluding hydrogens is 414 g/mol. The van der Waals surface area contributed by atoms with Gasteiger partial charge in [0.05, 0.1) is 11.5 Å². The van der Waals surface area contributed by atoms with Gasteiger partial charge in [0.2, 0.25) is 11.8 Å². The number of fused-ring (bicyclic) bond motifs is 1. The first kappa shape index (κ1) is 23.0. The van der Waals surface area contributed by atoms with Crippen LogP contribution in [0.15, 0.2) is 60.8 Å². The molecule has 7 nitrogen and oxygen atoms in total. The van der Waals surface area contributed by atoms with Crippen LogP contribution in [0.4, 0.5) is 0 Å². The number of hydrogen-bond acceptors (Lipinski definition) is 4. The summed E-state index contributed by atoms with van der Waals surface area (Å²) in [5.74, 6) is -0.0480. The highest BCUT2D eigenvalue weighted by atomic mass is 16.2. The van der Waals surface area contributed by atoms with Crippen molar-refractivity contribution in [2.24, 2.45) is 11.1 Å². The number of likely N-dealkylation sites (tertiary alicyclic amines) is 1. The Bertz CT molecular complexity index is 1100. The topological polar surface area (TPSA) is 94.5 Å². The lowest BCUT2D eigenvalue weighted by atomic mass is 9.73. The van der Waals surface area contributed by atoms with Gasteiger partial charge in [-0.15, -0.1) is 0 Å². The number of carbonyl (C=O) groups is 2. The average Bonchev–Trinajstić information content (AvgIpc) is 3.22. The number of hydrogen-bond donors (Lipinski definition) is 3. The highest BCUT2D eigenvalue weighted by Crippen LogP contribution is 2.36. The first-order valence-corrected chi connectivity index (χ1v) is 11.5. The van der Waals surface area contributed by atoms with E-state index in [1.165, 1.54) is 0 Å². The highest BCUT2D eigenvalue weighted by Gasteiger charge is 2.43. The maximum atomic E-state index is 13.2. The maximum Gasteiger partial charge on any atom is 0.240 e. The van der Waals surface area contributed by atoms with Crippen LogP contribution in [0.2, 0.25) is 0 Å². The molecule has 0 spiro atoms. The van der Waals surface area contributed by atoms with Crippen molar-refractivity contribution in [3.8, 4) is 0 Å². The van der Waals surface area contributed by atoms with Crippen molar-refractivity contribution in [2.75, 3.05) is 27.2 Å². The minimum absolute atomic E-state index is 0.00606. The molecule has 1 aliphatic rings. The Morgan fingerprint density at radius 2 is 1.76 bits per heavy atom. The fraction of sp³-hybridized carbons (Fsp3) is 0.385. The molecule has 0 aliphatic carbocycles. The Balaban J connectivity index is 1.44. The predicted octanol–water partition coefficient (Wildman–Crippen LogP) is 2.48. The monoisotopic (exact) mass is 447 g/mol. The number of para-hydroxylation sites is 1. The lowest BCUT2D eigenvalue weighted by molar-refractivity contribution is -0.143. The Morgan fingerprint density at radius 3 is 2.45 bits per heavy atom. The smallest absolute Gasteiger partial charge is 0.240 e. The molecule has 0 radical (unpaired) electrons. The summed E-state index contributed by atoms with van der Waals surface area (Å²) in [7, 11) is 3.63. The molecule has 4 N–H and O–H groups in total. The number of nitrogens with zero attached hydrogens (tertiary/aromatic N) is 2. The Hall–Kier alpha value is -3.16. The summed E-state index contributed by atoms with van der Waals surface area (Å²) < 4.78 is 0. The van der Waals surface area contributed by atoms with Gasteiger partial charge < -0.3 is 15.6 Å². The van der Waals surface area contributed by atoms with E-state index in [1.807, 2.05) is 67.7 Å². The SMILES string of the molecule is CN(C)NC(=O)C1(Cc2ccccc2)CCN(C(=O)C(N)Cc2c[nH]c3ccccc23)CC1. The lowest BCUT2D eigenvalue weighted by Gasteiger charge is -2.42. The maximum absolute atomic E-state index is 13.2. The van der Waals surface area contributed by atoms with Crippen molar-refractivity contribution in [3.05, 3.63) is 71.9 Å². The van der Waals surface area contributed by atoms with Crippen molar-refractivity contribution in [3.63, 3.8) is 0 Å². The molecule has 1 atom stereocenters. The third-order valence-corrected chi connectivity index (χ3v) is 6.66. The third kappa shape index (κ3) is 5.10. The van der Waals surface area contributed by atoms with E-state index in [0.717, 1.165) is 22.0 Å². The summed E-state index contributed by atoms with van der Waals surface area (Å²) in [6.45, 7) is 1.04. The van der Waals surface area contributed by atoms with Gasteiger partial charge in [-0.05, 0) is 42.9 Å². The summed E-state index contributed by atoms with van der Waals surface area (Å²) >= 11 is 0. The predicted molar refractivity (Wildman–Crippen MR) is 130 cm³/mol. The van der Waals surface area contributed by atoms with Crippen LogP contribution in [0, 0.1) is 5.41 Å². The molecule has 1 aromatic heterocycles. The molecule has 1 saturated heterocycles. The molecule has 0 saturated carbocycles. The van der Waals surface area contributed by atoms with Gasteiger partial charge in [0, 0.05) is 44.3 Å². The molecule has 0 bridgehead atoms. The van der Waals surface area contributed by atoms with E-state index in [9.17, 15) is 9.59 Å². The number of benzene rings is 2. The largest absolute Gasteiger partial charge is 0.361 e. The lowest BCUT2D eigenvalue weighted by Crippen LogP contribution is -2.55. The molecule has 1 fully saturated rings. The van der Waals surface area contributed by atoms with Gasteiger partial charge in [0.25, 0.3) is 0 Å². The van der Waals surface area contributed by atoms with E-state index in [1.54, 1.807) is 5.01 Å². The van der Waals surface area contributed by atoms with Crippen LogP contribution in [-0.4, -0.2) is 59.9 Å². The minimum atomic E-state index is -0.610. The summed E-state index contributed by atoms with van der Waals surface area (Å²) in [5, 5.41) is 2.78. The third-order valence-electron chi connectivity index (χ3n) is 6.66. The van der Waals surface area contributed by atoms with E-state index < -0.39 is 11.5 Å². The zero-order valence-electron chi connectivity index (χ0n) is 19.4. The van der Waals surface area contributed by atoms with Gasteiger partial charge in [0.15, 0.2) is 0 Å². The molecular formula is C26H33N5O2. The van der Waals surface area contributed by atoms with Crippen molar-refractivity contribution in [1.29, 1.82) is 0 Å².